The van der Waals surface area contributed by atoms with Gasteiger partial charge in [0.05, 0.1) is 33.2 Å². The fourth-order valence-electron chi connectivity index (χ4n) is 4.30. The summed E-state index contributed by atoms with van der Waals surface area (Å²) in [6, 6.07) is 12.2. The Labute approximate surface area is 201 Å². The summed E-state index contributed by atoms with van der Waals surface area (Å²) in [5.41, 5.74) is 1.05. The number of para-hydroxylation sites is 1. The van der Waals surface area contributed by atoms with Gasteiger partial charge in [0.25, 0.3) is 5.89 Å². The van der Waals surface area contributed by atoms with Crippen molar-refractivity contribution in [1.82, 2.24) is 25.0 Å². The lowest BCUT2D eigenvalue weighted by Crippen LogP contribution is -2.44. The zero-order valence-electron chi connectivity index (χ0n) is 18.6. The predicted octanol–water partition coefficient (Wildman–Crippen LogP) is 5.03. The highest BCUT2D eigenvalue weighted by molar-refractivity contribution is 7.18. The summed E-state index contributed by atoms with van der Waals surface area (Å²) in [6.45, 7) is 5.30. The molecule has 1 fully saturated rings. The monoisotopic (exact) mass is 481 g/mol. The summed E-state index contributed by atoms with van der Waals surface area (Å²) in [4.78, 5) is 23.1. The van der Waals surface area contributed by atoms with E-state index in [2.05, 4.69) is 40.2 Å². The molecule has 0 aliphatic carbocycles. The van der Waals surface area contributed by atoms with E-state index in [1.54, 1.807) is 22.7 Å². The van der Waals surface area contributed by atoms with E-state index in [9.17, 15) is 4.79 Å². The van der Waals surface area contributed by atoms with Crippen molar-refractivity contribution in [2.24, 2.45) is 0 Å². The van der Waals surface area contributed by atoms with Gasteiger partial charge in [0.15, 0.2) is 0 Å². The molecule has 0 N–H and O–H groups in total. The maximum atomic E-state index is 13.2. The first-order valence-corrected chi connectivity index (χ1v) is 13.1. The van der Waals surface area contributed by atoms with Crippen LogP contribution in [0.1, 0.15) is 43.0 Å². The maximum Gasteiger partial charge on any atom is 0.257 e. The lowest BCUT2D eigenvalue weighted by Gasteiger charge is -2.33. The van der Waals surface area contributed by atoms with Crippen LogP contribution in [-0.4, -0.2) is 57.1 Å². The third-order valence-corrected chi connectivity index (χ3v) is 7.95. The first-order chi connectivity index (χ1) is 16.2. The smallest absolute Gasteiger partial charge is 0.257 e. The number of hydrogen-bond acceptors (Lipinski definition) is 8. The van der Waals surface area contributed by atoms with Gasteiger partial charge in [-0.2, -0.15) is 0 Å². The van der Waals surface area contributed by atoms with Crippen molar-refractivity contribution in [1.29, 1.82) is 0 Å². The number of rotatable bonds is 8. The van der Waals surface area contributed by atoms with Gasteiger partial charge in [0, 0.05) is 19.0 Å². The lowest BCUT2D eigenvalue weighted by molar-refractivity contribution is -0.133. The zero-order chi connectivity index (χ0) is 22.6. The summed E-state index contributed by atoms with van der Waals surface area (Å²) < 4.78 is 7.06. The van der Waals surface area contributed by atoms with Crippen LogP contribution in [0.3, 0.4) is 0 Å². The molecule has 0 spiro atoms. The van der Waals surface area contributed by atoms with Crippen LogP contribution < -0.4 is 0 Å². The lowest BCUT2D eigenvalue weighted by atomic mass is 9.98. The van der Waals surface area contributed by atoms with Gasteiger partial charge in [-0.1, -0.05) is 25.1 Å². The number of likely N-dealkylation sites (tertiary alicyclic amines) is 1. The van der Waals surface area contributed by atoms with Crippen LogP contribution in [-0.2, 0) is 11.3 Å². The first kappa shape index (κ1) is 22.2. The van der Waals surface area contributed by atoms with Gasteiger partial charge in [-0.3, -0.25) is 9.69 Å². The van der Waals surface area contributed by atoms with Gasteiger partial charge in [-0.25, -0.2) is 4.98 Å². The molecular weight excluding hydrogens is 454 g/mol. The Hall–Kier alpha value is -2.62. The molecule has 0 bridgehead atoms. The highest BCUT2D eigenvalue weighted by Gasteiger charge is 2.28. The highest BCUT2D eigenvalue weighted by atomic mass is 32.1. The minimum Gasteiger partial charge on any atom is -0.419 e. The van der Waals surface area contributed by atoms with Crippen LogP contribution in [0.4, 0.5) is 0 Å². The molecule has 1 amide bonds. The van der Waals surface area contributed by atoms with Crippen molar-refractivity contribution < 1.29 is 9.21 Å². The van der Waals surface area contributed by atoms with Gasteiger partial charge >= 0.3 is 0 Å². The van der Waals surface area contributed by atoms with Gasteiger partial charge < -0.3 is 9.32 Å². The molecule has 172 valence electrons. The van der Waals surface area contributed by atoms with E-state index in [1.165, 1.54) is 4.70 Å². The van der Waals surface area contributed by atoms with E-state index in [0.29, 0.717) is 30.8 Å². The molecule has 1 aliphatic heterocycles. The molecule has 5 rings (SSSR count). The summed E-state index contributed by atoms with van der Waals surface area (Å²) in [5.74, 6) is 1.56. The predicted molar refractivity (Wildman–Crippen MR) is 131 cm³/mol. The number of piperidine rings is 1. The largest absolute Gasteiger partial charge is 0.419 e. The van der Waals surface area contributed by atoms with Crippen LogP contribution in [0.25, 0.3) is 21.0 Å². The van der Waals surface area contributed by atoms with Gasteiger partial charge in [0.2, 0.25) is 11.8 Å². The molecule has 1 aliphatic rings. The van der Waals surface area contributed by atoms with Crippen LogP contribution in [0.15, 0.2) is 46.2 Å². The second-order valence-corrected chi connectivity index (χ2v) is 10.4. The topological polar surface area (TPSA) is 75.4 Å². The number of nitrogens with zero attached hydrogens (tertiary/aromatic N) is 5. The molecule has 1 saturated heterocycles. The fourth-order valence-corrected chi connectivity index (χ4v) is 6.04. The van der Waals surface area contributed by atoms with Crippen LogP contribution >= 0.6 is 22.7 Å². The Balaban J connectivity index is 1.22. The number of amides is 1. The standard InChI is InChI=1S/C24H27N5O2S2/c1-2-11-28(15-21-26-27-23(31-21)20-10-6-13-32-20)16-22(30)29-12-5-7-17(14-29)24-25-18-8-3-4-9-19(18)33-24/h3-4,6,8-10,13,17H,2,5,7,11-12,14-16H2,1H3. The second-order valence-electron chi connectivity index (χ2n) is 8.39. The third-order valence-electron chi connectivity index (χ3n) is 5.89. The Morgan fingerprint density at radius 1 is 1.24 bits per heavy atom. The average molecular weight is 482 g/mol. The Kier molecular flexibility index (Phi) is 6.80. The number of thiophene rings is 1. The normalized spacial score (nSPS) is 16.7. The van der Waals surface area contributed by atoms with Crippen molar-refractivity contribution in [3.05, 3.63) is 52.7 Å². The van der Waals surface area contributed by atoms with Crippen molar-refractivity contribution in [3.8, 4) is 10.8 Å². The summed E-state index contributed by atoms with van der Waals surface area (Å²) >= 11 is 3.33. The third kappa shape index (κ3) is 5.15. The minimum absolute atomic E-state index is 0.159. The summed E-state index contributed by atoms with van der Waals surface area (Å²) in [6.07, 6.45) is 3.04. The molecule has 4 heterocycles. The van der Waals surface area contributed by atoms with Crippen LogP contribution in [0.2, 0.25) is 0 Å². The SMILES string of the molecule is CCCN(CC(=O)N1CCCC(c2nc3ccccc3s2)C1)Cc1nnc(-c2cccs2)o1. The van der Waals surface area contributed by atoms with Crippen LogP contribution in [0.5, 0.6) is 0 Å². The number of carbonyl (C=O) groups is 1. The number of benzene rings is 1. The Bertz CT molecular complexity index is 1170. The molecule has 4 aromatic rings. The minimum atomic E-state index is 0.159. The second kappa shape index (κ2) is 10.1. The van der Waals surface area contributed by atoms with Crippen molar-refractivity contribution in [3.63, 3.8) is 0 Å². The maximum absolute atomic E-state index is 13.2. The number of carbonyl (C=O) groups excluding carboxylic acids is 1. The molecule has 33 heavy (non-hydrogen) atoms. The summed E-state index contributed by atoms with van der Waals surface area (Å²) in [5, 5.41) is 11.5. The molecule has 9 heteroatoms. The van der Waals surface area contributed by atoms with Gasteiger partial charge in [-0.15, -0.1) is 32.9 Å². The zero-order valence-corrected chi connectivity index (χ0v) is 20.3. The number of thiazole rings is 1. The van der Waals surface area contributed by atoms with Gasteiger partial charge in [-0.05, 0) is 49.4 Å². The van der Waals surface area contributed by atoms with E-state index >= 15 is 0 Å². The average Bonchev–Trinajstić information content (AvgIpc) is 3.59. The molecule has 1 unspecified atom stereocenters. The van der Waals surface area contributed by atoms with Gasteiger partial charge in [0.1, 0.15) is 0 Å². The molecule has 0 saturated carbocycles. The van der Waals surface area contributed by atoms with E-state index in [-0.39, 0.29) is 5.91 Å². The highest BCUT2D eigenvalue weighted by Crippen LogP contribution is 2.33. The molecule has 7 nitrogen and oxygen atoms in total. The van der Waals surface area contributed by atoms with Crippen molar-refractivity contribution >= 4 is 38.8 Å². The molecular formula is C24H27N5O2S2. The summed E-state index contributed by atoms with van der Waals surface area (Å²) in [7, 11) is 0. The fraction of sp³-hybridized carbons (Fsp3) is 0.417. The Morgan fingerprint density at radius 2 is 2.15 bits per heavy atom. The molecule has 1 aromatic carbocycles. The molecule has 1 atom stereocenters. The number of aromatic nitrogens is 3. The Morgan fingerprint density at radius 3 is 2.97 bits per heavy atom. The number of hydrogen-bond donors (Lipinski definition) is 0. The van der Waals surface area contributed by atoms with Crippen molar-refractivity contribution in [2.75, 3.05) is 26.2 Å². The number of fused-ring (bicyclic) bond motifs is 1. The van der Waals surface area contributed by atoms with E-state index in [0.717, 1.165) is 54.3 Å². The molecule has 0 radical (unpaired) electrons. The quantitative estimate of drug-likeness (QED) is 0.352. The van der Waals surface area contributed by atoms with E-state index < -0.39 is 0 Å². The van der Waals surface area contributed by atoms with Crippen LogP contribution in [0, 0.1) is 0 Å². The van der Waals surface area contributed by atoms with E-state index in [1.807, 2.05) is 28.5 Å². The molecule has 3 aromatic heterocycles. The first-order valence-electron chi connectivity index (χ1n) is 11.4. The van der Waals surface area contributed by atoms with E-state index in [4.69, 9.17) is 9.40 Å². The van der Waals surface area contributed by atoms with Crippen molar-refractivity contribution in [2.45, 2.75) is 38.6 Å².